The topological polar surface area (TPSA) is 91.6 Å². The van der Waals surface area contributed by atoms with Crippen LogP contribution in [-0.2, 0) is 0 Å². The highest BCUT2D eigenvalue weighted by Gasteiger charge is 2.19. The molecule has 23 heavy (non-hydrogen) atoms. The van der Waals surface area contributed by atoms with Crippen molar-refractivity contribution in [3.63, 3.8) is 0 Å². The summed E-state index contributed by atoms with van der Waals surface area (Å²) in [5.41, 5.74) is 0.913. The number of rotatable bonds is 6. The maximum Gasteiger partial charge on any atom is 0.332 e. The fourth-order valence-corrected chi connectivity index (χ4v) is 2.39. The molecule has 7 nitrogen and oxygen atoms in total. The number of carbonyl (C=O) groups excluding carboxylic acids is 2. The summed E-state index contributed by atoms with van der Waals surface area (Å²) in [6.45, 7) is 8.96. The molecule has 1 aromatic rings. The summed E-state index contributed by atoms with van der Waals surface area (Å²) in [5, 5.41) is 4.09. The van der Waals surface area contributed by atoms with Crippen LogP contribution >= 0.6 is 11.6 Å². The summed E-state index contributed by atoms with van der Waals surface area (Å²) in [6.07, 6.45) is 1.48. The zero-order valence-corrected chi connectivity index (χ0v) is 14.7. The monoisotopic (exact) mass is 341 g/mol. The SMILES string of the molecule is CCN(N)C(=O)N[C@H](C)c1ncc(C(=O)N(CC)CC)cc1Cl. The molecule has 1 aromatic heterocycles. The van der Waals surface area contributed by atoms with Gasteiger partial charge in [0.05, 0.1) is 22.3 Å². The molecule has 0 saturated heterocycles. The molecule has 3 amide bonds. The molecule has 1 heterocycles. The van der Waals surface area contributed by atoms with Gasteiger partial charge in [-0.1, -0.05) is 11.6 Å². The number of amides is 3. The van der Waals surface area contributed by atoms with E-state index in [-0.39, 0.29) is 5.91 Å². The van der Waals surface area contributed by atoms with E-state index >= 15 is 0 Å². The standard InChI is InChI=1S/C15H24ClN5O2/c1-5-20(6-2)14(22)11-8-12(16)13(18-9-11)10(4)19-15(23)21(17)7-3/h8-10H,5-7,17H2,1-4H3,(H,19,23)/t10-/m1/s1. The van der Waals surface area contributed by atoms with Gasteiger partial charge in [-0.15, -0.1) is 0 Å². The van der Waals surface area contributed by atoms with Crippen molar-refractivity contribution in [2.75, 3.05) is 19.6 Å². The average molecular weight is 342 g/mol. The molecular formula is C15H24ClN5O2. The molecular weight excluding hydrogens is 318 g/mol. The second-order valence-electron chi connectivity index (χ2n) is 5.03. The Morgan fingerprint density at radius 2 is 1.91 bits per heavy atom. The van der Waals surface area contributed by atoms with E-state index in [4.69, 9.17) is 17.4 Å². The number of urea groups is 1. The number of pyridine rings is 1. The van der Waals surface area contributed by atoms with E-state index in [1.165, 1.54) is 6.20 Å². The molecule has 0 aromatic carbocycles. The predicted octanol–water partition coefficient (Wildman–Crippen LogP) is 2.18. The molecule has 0 radical (unpaired) electrons. The van der Waals surface area contributed by atoms with Crippen molar-refractivity contribution >= 4 is 23.5 Å². The second kappa shape index (κ2) is 8.69. The van der Waals surface area contributed by atoms with Crippen LogP contribution < -0.4 is 11.2 Å². The van der Waals surface area contributed by atoms with Crippen LogP contribution in [0.2, 0.25) is 5.02 Å². The molecule has 0 aliphatic rings. The molecule has 1 atom stereocenters. The first-order chi connectivity index (χ1) is 10.8. The maximum absolute atomic E-state index is 12.3. The molecule has 3 N–H and O–H groups in total. The zero-order valence-electron chi connectivity index (χ0n) is 14.0. The van der Waals surface area contributed by atoms with Gasteiger partial charge in [0.15, 0.2) is 0 Å². The summed E-state index contributed by atoms with van der Waals surface area (Å²) in [7, 11) is 0. The number of nitrogens with one attached hydrogen (secondary N) is 1. The summed E-state index contributed by atoms with van der Waals surface area (Å²) >= 11 is 6.23. The Labute approximate surface area is 141 Å². The molecule has 0 fully saturated rings. The predicted molar refractivity (Wildman–Crippen MR) is 90.0 cm³/mol. The Bertz CT molecular complexity index is 563. The molecule has 128 valence electrons. The van der Waals surface area contributed by atoms with Crippen molar-refractivity contribution in [3.05, 3.63) is 28.5 Å². The van der Waals surface area contributed by atoms with Gasteiger partial charge in [-0.05, 0) is 33.8 Å². The number of hydrazine groups is 1. The molecule has 8 heteroatoms. The fourth-order valence-electron chi connectivity index (χ4n) is 2.06. The van der Waals surface area contributed by atoms with Crippen molar-refractivity contribution in [3.8, 4) is 0 Å². The molecule has 0 spiro atoms. The average Bonchev–Trinajstić information content (AvgIpc) is 2.54. The number of aromatic nitrogens is 1. The first-order valence-electron chi connectivity index (χ1n) is 7.63. The Hall–Kier alpha value is -1.86. The fraction of sp³-hybridized carbons (Fsp3) is 0.533. The number of carbonyl (C=O) groups is 2. The van der Waals surface area contributed by atoms with Gasteiger partial charge >= 0.3 is 6.03 Å². The van der Waals surface area contributed by atoms with E-state index < -0.39 is 12.1 Å². The summed E-state index contributed by atoms with van der Waals surface area (Å²) in [5.74, 6) is 5.41. The smallest absolute Gasteiger partial charge is 0.332 e. The van der Waals surface area contributed by atoms with Crippen LogP contribution in [0.25, 0.3) is 0 Å². The van der Waals surface area contributed by atoms with Gasteiger partial charge in [0.25, 0.3) is 5.91 Å². The maximum atomic E-state index is 12.3. The van der Waals surface area contributed by atoms with Crippen molar-refractivity contribution in [1.29, 1.82) is 0 Å². The van der Waals surface area contributed by atoms with E-state index in [2.05, 4.69) is 10.3 Å². The number of hydrogen-bond acceptors (Lipinski definition) is 4. The van der Waals surface area contributed by atoms with Crippen LogP contribution in [0.5, 0.6) is 0 Å². The lowest BCUT2D eigenvalue weighted by molar-refractivity contribution is 0.0772. The second-order valence-corrected chi connectivity index (χ2v) is 5.43. The number of halogens is 1. The summed E-state index contributed by atoms with van der Waals surface area (Å²) in [4.78, 5) is 30.0. The molecule has 0 bridgehead atoms. The van der Waals surface area contributed by atoms with Crippen LogP contribution in [-0.4, -0.2) is 46.5 Å². The number of nitrogens with two attached hydrogens (primary N) is 1. The van der Waals surface area contributed by atoms with Gasteiger partial charge in [-0.2, -0.15) is 0 Å². The van der Waals surface area contributed by atoms with Gasteiger partial charge in [0.1, 0.15) is 0 Å². The Kier molecular flexibility index (Phi) is 7.25. The number of hydrogen-bond donors (Lipinski definition) is 2. The quantitative estimate of drug-likeness (QED) is 0.471. The molecule has 0 saturated carbocycles. The Morgan fingerprint density at radius 3 is 2.39 bits per heavy atom. The minimum Gasteiger partial charge on any atom is -0.339 e. The van der Waals surface area contributed by atoms with Crippen LogP contribution in [0.4, 0.5) is 4.79 Å². The van der Waals surface area contributed by atoms with Crippen molar-refractivity contribution < 1.29 is 9.59 Å². The molecule has 0 aliphatic heterocycles. The van der Waals surface area contributed by atoms with Gasteiger partial charge in [-0.25, -0.2) is 10.6 Å². The van der Waals surface area contributed by atoms with Crippen LogP contribution in [0, 0.1) is 0 Å². The molecule has 1 rings (SSSR count). The first-order valence-corrected chi connectivity index (χ1v) is 8.00. The number of nitrogens with zero attached hydrogens (tertiary/aromatic N) is 3. The molecule has 0 aliphatic carbocycles. The minimum absolute atomic E-state index is 0.119. The van der Waals surface area contributed by atoms with Crippen LogP contribution in [0.1, 0.15) is 49.8 Å². The highest BCUT2D eigenvalue weighted by atomic mass is 35.5. The largest absolute Gasteiger partial charge is 0.339 e. The van der Waals surface area contributed by atoms with E-state index in [1.54, 1.807) is 24.8 Å². The third kappa shape index (κ3) is 4.80. The lowest BCUT2D eigenvalue weighted by atomic mass is 10.1. The Balaban J connectivity index is 2.91. The first kappa shape index (κ1) is 19.2. The van der Waals surface area contributed by atoms with Gasteiger partial charge in [0.2, 0.25) is 0 Å². The molecule has 0 unspecified atom stereocenters. The zero-order chi connectivity index (χ0) is 17.6. The lowest BCUT2D eigenvalue weighted by Crippen LogP contribution is -2.45. The van der Waals surface area contributed by atoms with Crippen molar-refractivity contribution in [2.24, 2.45) is 5.84 Å². The third-order valence-electron chi connectivity index (χ3n) is 3.52. The summed E-state index contributed by atoms with van der Waals surface area (Å²) < 4.78 is 0. The van der Waals surface area contributed by atoms with E-state index in [0.29, 0.717) is 35.9 Å². The lowest BCUT2D eigenvalue weighted by Gasteiger charge is -2.21. The van der Waals surface area contributed by atoms with Gasteiger partial charge < -0.3 is 10.2 Å². The Morgan fingerprint density at radius 1 is 1.30 bits per heavy atom. The normalized spacial score (nSPS) is 11.7. The highest BCUT2D eigenvalue weighted by Crippen LogP contribution is 2.22. The summed E-state index contributed by atoms with van der Waals surface area (Å²) in [6, 6.07) is 0.735. The van der Waals surface area contributed by atoms with Gasteiger partial charge in [-0.3, -0.25) is 14.8 Å². The van der Waals surface area contributed by atoms with Crippen LogP contribution in [0.15, 0.2) is 12.3 Å². The van der Waals surface area contributed by atoms with Crippen LogP contribution in [0.3, 0.4) is 0 Å². The highest BCUT2D eigenvalue weighted by molar-refractivity contribution is 6.31. The van der Waals surface area contributed by atoms with E-state index in [1.807, 2.05) is 13.8 Å². The minimum atomic E-state index is -0.426. The van der Waals surface area contributed by atoms with E-state index in [0.717, 1.165) is 5.01 Å². The third-order valence-corrected chi connectivity index (χ3v) is 3.82. The van der Waals surface area contributed by atoms with Gasteiger partial charge in [0, 0.05) is 25.8 Å². The van der Waals surface area contributed by atoms with E-state index in [9.17, 15) is 9.59 Å². The van der Waals surface area contributed by atoms with Crippen molar-refractivity contribution in [2.45, 2.75) is 33.7 Å². The van der Waals surface area contributed by atoms with Crippen molar-refractivity contribution in [1.82, 2.24) is 20.2 Å².